The van der Waals surface area contributed by atoms with Crippen LogP contribution >= 0.6 is 11.6 Å². The van der Waals surface area contributed by atoms with Gasteiger partial charge in [0.2, 0.25) is 5.91 Å². The summed E-state index contributed by atoms with van der Waals surface area (Å²) in [5, 5.41) is 7.98. The summed E-state index contributed by atoms with van der Waals surface area (Å²) in [6.45, 7) is -1.19. The minimum absolute atomic E-state index is 0.0516. The van der Waals surface area contributed by atoms with Crippen LogP contribution in [0.2, 0.25) is 5.02 Å². The number of benzene rings is 2. The third-order valence-corrected chi connectivity index (χ3v) is 7.48. The van der Waals surface area contributed by atoms with Gasteiger partial charge in [-0.2, -0.15) is 13.2 Å². The first-order chi connectivity index (χ1) is 21.5. The van der Waals surface area contributed by atoms with E-state index in [1.165, 1.54) is 13.3 Å². The van der Waals surface area contributed by atoms with Crippen LogP contribution in [-0.4, -0.2) is 68.7 Å². The summed E-state index contributed by atoms with van der Waals surface area (Å²) in [5.74, 6) is -0.745. The molecule has 1 fully saturated rings. The van der Waals surface area contributed by atoms with Gasteiger partial charge in [-0.25, -0.2) is 9.18 Å². The third-order valence-electron chi connectivity index (χ3n) is 7.18. The molecule has 3 aromatic rings. The Hall–Kier alpha value is -3.94. The molecule has 45 heavy (non-hydrogen) atoms. The number of nitrogens with zero attached hydrogens (tertiary/aromatic N) is 1. The van der Waals surface area contributed by atoms with Crippen molar-refractivity contribution in [2.24, 2.45) is 0 Å². The second-order valence-corrected chi connectivity index (χ2v) is 10.8. The molecule has 0 spiro atoms. The number of carbonyl (C=O) groups is 2. The Bertz CT molecular complexity index is 1440. The van der Waals surface area contributed by atoms with Crippen molar-refractivity contribution in [3.8, 4) is 5.75 Å². The van der Waals surface area contributed by atoms with Crippen molar-refractivity contribution in [1.29, 1.82) is 0 Å². The fourth-order valence-corrected chi connectivity index (χ4v) is 5.15. The first kappa shape index (κ1) is 33.9. The molecule has 0 bridgehead atoms. The van der Waals surface area contributed by atoms with Crippen LogP contribution in [0.3, 0.4) is 0 Å². The van der Waals surface area contributed by atoms with Crippen LogP contribution in [-0.2, 0) is 20.7 Å². The maximum absolute atomic E-state index is 14.9. The van der Waals surface area contributed by atoms with E-state index in [-0.39, 0.29) is 55.2 Å². The number of halogens is 5. The second kappa shape index (κ2) is 15.9. The summed E-state index contributed by atoms with van der Waals surface area (Å²) in [7, 11) is 1.52. The van der Waals surface area contributed by atoms with Crippen LogP contribution in [0.15, 0.2) is 60.9 Å². The molecule has 0 aliphatic carbocycles. The fraction of sp³-hybridized carbons (Fsp3) is 0.387. The van der Waals surface area contributed by atoms with E-state index in [0.29, 0.717) is 23.7 Å². The van der Waals surface area contributed by atoms with Crippen LogP contribution in [0.4, 0.5) is 28.0 Å². The number of rotatable bonds is 12. The summed E-state index contributed by atoms with van der Waals surface area (Å²) in [6, 6.07) is 14.4. The molecule has 3 N–H and O–H groups in total. The van der Waals surface area contributed by atoms with Gasteiger partial charge in [-0.15, -0.1) is 0 Å². The van der Waals surface area contributed by atoms with Gasteiger partial charge in [0.1, 0.15) is 24.7 Å². The Labute approximate surface area is 262 Å². The average Bonchev–Trinajstić information content (AvgIpc) is 3.02. The molecule has 242 valence electrons. The van der Waals surface area contributed by atoms with Crippen molar-refractivity contribution < 1.29 is 41.4 Å². The van der Waals surface area contributed by atoms with E-state index in [1.54, 1.807) is 17.4 Å². The Morgan fingerprint density at radius 1 is 1.16 bits per heavy atom. The number of ether oxygens (including phenoxy) is 3. The molecule has 9 nitrogen and oxygen atoms in total. The largest absolute Gasteiger partial charge is 0.495 e. The Morgan fingerprint density at radius 2 is 1.93 bits per heavy atom. The number of nitrogens with one attached hydrogen (secondary N) is 3. The highest BCUT2D eigenvalue weighted by Crippen LogP contribution is 2.34. The van der Waals surface area contributed by atoms with Crippen LogP contribution < -0.4 is 20.7 Å². The predicted octanol–water partition coefficient (Wildman–Crippen LogP) is 5.62. The van der Waals surface area contributed by atoms with Gasteiger partial charge in [0.25, 0.3) is 0 Å². The Morgan fingerprint density at radius 3 is 2.60 bits per heavy atom. The van der Waals surface area contributed by atoms with E-state index in [1.807, 2.05) is 36.4 Å². The molecule has 0 radical (unpaired) electrons. The van der Waals surface area contributed by atoms with Crippen LogP contribution in [0, 0.1) is 5.82 Å². The number of pyridine rings is 1. The van der Waals surface area contributed by atoms with E-state index >= 15 is 0 Å². The average molecular weight is 653 g/mol. The zero-order valence-corrected chi connectivity index (χ0v) is 25.1. The molecule has 1 aliphatic heterocycles. The molecule has 14 heteroatoms. The van der Waals surface area contributed by atoms with Gasteiger partial charge in [-0.05, 0) is 36.1 Å². The number of anilines is 1. The van der Waals surface area contributed by atoms with Crippen molar-refractivity contribution in [2.75, 3.05) is 38.7 Å². The lowest BCUT2D eigenvalue weighted by Gasteiger charge is -2.30. The molecule has 2 amide bonds. The van der Waals surface area contributed by atoms with Crippen molar-refractivity contribution >= 4 is 29.3 Å². The number of aromatic nitrogens is 1. The molecule has 1 saturated heterocycles. The van der Waals surface area contributed by atoms with Crippen LogP contribution in [0.1, 0.15) is 35.4 Å². The van der Waals surface area contributed by atoms with Crippen molar-refractivity contribution in [2.45, 2.75) is 43.5 Å². The molecule has 2 aromatic carbocycles. The maximum Gasteiger partial charge on any atom is 0.407 e. The number of carbonyl (C=O) groups excluding carboxylic acids is 2. The lowest BCUT2D eigenvalue weighted by atomic mass is 9.88. The van der Waals surface area contributed by atoms with Crippen molar-refractivity contribution in [3.63, 3.8) is 0 Å². The number of alkyl halides is 3. The first-order valence-electron chi connectivity index (χ1n) is 14.2. The van der Waals surface area contributed by atoms with Gasteiger partial charge in [-0.1, -0.05) is 48.0 Å². The summed E-state index contributed by atoms with van der Waals surface area (Å²) in [6.07, 6.45) is -2.88. The summed E-state index contributed by atoms with van der Waals surface area (Å²) >= 11 is 6.38. The van der Waals surface area contributed by atoms with E-state index in [4.69, 9.17) is 25.8 Å². The zero-order valence-electron chi connectivity index (χ0n) is 24.3. The van der Waals surface area contributed by atoms with Gasteiger partial charge in [0, 0.05) is 24.4 Å². The number of alkyl carbamates (subject to hydrolysis) is 1. The Kier molecular flexibility index (Phi) is 12.0. The lowest BCUT2D eigenvalue weighted by molar-refractivity contribution is -0.124. The summed E-state index contributed by atoms with van der Waals surface area (Å²) in [4.78, 5) is 28.7. The van der Waals surface area contributed by atoms with Gasteiger partial charge >= 0.3 is 12.3 Å². The number of hydrogen-bond acceptors (Lipinski definition) is 7. The molecule has 1 aliphatic rings. The molecule has 1 aromatic heterocycles. The van der Waals surface area contributed by atoms with Gasteiger partial charge in [0.15, 0.2) is 0 Å². The van der Waals surface area contributed by atoms with Crippen LogP contribution in [0.25, 0.3) is 0 Å². The monoisotopic (exact) mass is 652 g/mol. The normalized spacial score (nSPS) is 17.3. The van der Waals surface area contributed by atoms with Crippen molar-refractivity contribution in [3.05, 3.63) is 88.5 Å². The molecule has 3 atom stereocenters. The number of methoxy groups -OCH3 is 1. The maximum atomic E-state index is 14.9. The van der Waals surface area contributed by atoms with Crippen LogP contribution in [0.5, 0.6) is 5.75 Å². The molecular formula is C31H33ClF4N4O5. The van der Waals surface area contributed by atoms with E-state index in [2.05, 4.69) is 15.6 Å². The highest BCUT2D eigenvalue weighted by Gasteiger charge is 2.29. The van der Waals surface area contributed by atoms with Crippen molar-refractivity contribution in [1.82, 2.24) is 15.6 Å². The molecule has 4 rings (SSSR count). The molecule has 2 heterocycles. The van der Waals surface area contributed by atoms with Gasteiger partial charge in [0.05, 0.1) is 49.0 Å². The summed E-state index contributed by atoms with van der Waals surface area (Å²) < 4.78 is 67.4. The molecule has 0 unspecified atom stereocenters. The fourth-order valence-electron chi connectivity index (χ4n) is 4.89. The number of amides is 2. The zero-order chi connectivity index (χ0) is 32.4. The third kappa shape index (κ3) is 10.3. The quantitative estimate of drug-likeness (QED) is 0.218. The van der Waals surface area contributed by atoms with Gasteiger partial charge < -0.3 is 30.2 Å². The smallest absolute Gasteiger partial charge is 0.407 e. The Balaban J connectivity index is 1.33. The van der Waals surface area contributed by atoms with E-state index in [0.717, 1.165) is 17.3 Å². The van der Waals surface area contributed by atoms with Gasteiger partial charge in [-0.3, -0.25) is 9.78 Å². The molecule has 0 saturated carbocycles. The second-order valence-electron chi connectivity index (χ2n) is 10.4. The number of morpholine rings is 1. The summed E-state index contributed by atoms with van der Waals surface area (Å²) in [5.41, 5.74) is 2.24. The number of hydrogen-bond donors (Lipinski definition) is 3. The highest BCUT2D eigenvalue weighted by atomic mass is 35.5. The highest BCUT2D eigenvalue weighted by molar-refractivity contribution is 6.32. The lowest BCUT2D eigenvalue weighted by Crippen LogP contribution is -2.49. The molecular weight excluding hydrogens is 620 g/mol. The minimum Gasteiger partial charge on any atom is -0.495 e. The van der Waals surface area contributed by atoms with E-state index in [9.17, 15) is 27.2 Å². The SMILES string of the molecule is COc1ccc([C@H](CC(=O)Nc2cncc(F)c2CC[C@@H]2CN[C@H](COC(=O)NCC(F)(F)F)CO2)c2ccccc2)cc1Cl. The topological polar surface area (TPSA) is 111 Å². The minimum atomic E-state index is -4.54. The predicted molar refractivity (Wildman–Crippen MR) is 159 cm³/mol. The van der Waals surface area contributed by atoms with E-state index < -0.39 is 30.7 Å². The first-order valence-corrected chi connectivity index (χ1v) is 14.5. The standard InChI is InChI=1S/C31H33ClF4N4O5/c1-43-28-10-7-20(11-25(28)32)24(19-5-3-2-4-6-19)12-29(41)40-27-15-37-14-26(33)23(27)9-8-22-13-38-21(16-44-22)17-45-30(42)39-18-31(34,35)36/h2-7,10-11,14-15,21-22,24,38H,8-9,12-13,16-18H2,1H3,(H,39,42)(H,40,41)/t21-,22+,24+/m0/s1.